The van der Waals surface area contributed by atoms with Crippen LogP contribution in [-0.2, 0) is 14.4 Å². The van der Waals surface area contributed by atoms with Gasteiger partial charge in [0.15, 0.2) is 11.3 Å². The van der Waals surface area contributed by atoms with E-state index in [1.165, 1.54) is 4.90 Å². The summed E-state index contributed by atoms with van der Waals surface area (Å²) in [5.41, 5.74) is 0.297. The number of aryl methyl sites for hydroxylation is 1. The zero-order valence-electron chi connectivity index (χ0n) is 21.9. The number of carbonyl (C=O) groups is 4. The van der Waals surface area contributed by atoms with E-state index in [9.17, 15) is 19.5 Å². The molecule has 0 aromatic heterocycles. The molecule has 2 amide bonds. The highest BCUT2D eigenvalue weighted by Gasteiger charge is 2.71. The topological polar surface area (TPSA) is 95.0 Å². The quantitative estimate of drug-likeness (QED) is 0.218. The van der Waals surface area contributed by atoms with Crippen molar-refractivity contribution in [2.24, 2.45) is 0 Å². The molecule has 1 unspecified atom stereocenters. The predicted molar refractivity (Wildman–Crippen MR) is 154 cm³/mol. The van der Waals surface area contributed by atoms with E-state index in [-0.39, 0.29) is 16.8 Å². The smallest absolute Gasteiger partial charge is 0.300 e. The van der Waals surface area contributed by atoms with Gasteiger partial charge >= 0.3 is 5.91 Å². The highest BCUT2D eigenvalue weighted by Crippen LogP contribution is 2.57. The first-order valence-electron chi connectivity index (χ1n) is 13.1. The van der Waals surface area contributed by atoms with E-state index >= 15 is 4.79 Å². The van der Waals surface area contributed by atoms with Gasteiger partial charge in [-0.05, 0) is 31.2 Å². The van der Waals surface area contributed by atoms with Gasteiger partial charge in [-0.25, -0.2) is 0 Å². The Labute approximate surface area is 235 Å². The number of aliphatic hydroxyl groups excluding tert-OH is 1. The summed E-state index contributed by atoms with van der Waals surface area (Å²) >= 11 is 0. The molecule has 198 valence electrons. The van der Waals surface area contributed by atoms with Crippen molar-refractivity contribution in [3.63, 3.8) is 0 Å². The standard InChI is InChI=1S/C34H22N2O5/c1-20-16-18-21(19-17-20)29(37)27-31(39)32(40)36(23-12-6-3-7-13-23)34(27)26-28(24-14-8-9-15-25(24)30(26)38)35(33(34)41)22-10-4-2-5-11-22/h2-19,37H,1H3. The molecule has 0 saturated carbocycles. The summed E-state index contributed by atoms with van der Waals surface area (Å²) in [5, 5.41) is 11.8. The summed E-state index contributed by atoms with van der Waals surface area (Å²) in [6.07, 6.45) is 0. The highest BCUT2D eigenvalue weighted by atomic mass is 16.3. The second-order valence-corrected chi connectivity index (χ2v) is 10.2. The lowest BCUT2D eigenvalue weighted by Crippen LogP contribution is -2.57. The molecule has 2 heterocycles. The number of Topliss-reactive ketones (excluding diaryl/α,β-unsaturated/α-hetero) is 2. The summed E-state index contributed by atoms with van der Waals surface area (Å²) in [4.78, 5) is 59.7. The number of anilines is 2. The van der Waals surface area contributed by atoms with E-state index in [4.69, 9.17) is 0 Å². The minimum Gasteiger partial charge on any atom is -0.507 e. The van der Waals surface area contributed by atoms with E-state index in [0.717, 1.165) is 10.5 Å². The number of carbonyl (C=O) groups excluding carboxylic acids is 4. The predicted octanol–water partition coefficient (Wildman–Crippen LogP) is 5.27. The number of benzene rings is 4. The number of ketones is 2. The Balaban J connectivity index is 1.63. The number of aliphatic hydroxyl groups is 1. The van der Waals surface area contributed by atoms with Gasteiger partial charge in [-0.2, -0.15) is 0 Å². The monoisotopic (exact) mass is 538 g/mol. The molecule has 1 aliphatic carbocycles. The number of hydrogen-bond donors (Lipinski definition) is 1. The van der Waals surface area contributed by atoms with Crippen molar-refractivity contribution in [1.29, 1.82) is 0 Å². The zero-order chi connectivity index (χ0) is 28.5. The fourth-order valence-corrected chi connectivity index (χ4v) is 6.13. The van der Waals surface area contributed by atoms with Crippen molar-refractivity contribution in [3.05, 3.63) is 143 Å². The molecular formula is C34H22N2O5. The fraction of sp³-hybridized carbons (Fsp3) is 0.0588. The van der Waals surface area contributed by atoms with Crippen LogP contribution in [0.25, 0.3) is 11.5 Å². The van der Waals surface area contributed by atoms with Crippen LogP contribution < -0.4 is 9.80 Å². The molecule has 0 bridgehead atoms. The third kappa shape index (κ3) is 3.14. The molecule has 4 aromatic carbocycles. The van der Waals surface area contributed by atoms with E-state index in [2.05, 4.69) is 0 Å². The van der Waals surface area contributed by atoms with Crippen LogP contribution in [0.5, 0.6) is 0 Å². The number of rotatable bonds is 3. The zero-order valence-corrected chi connectivity index (χ0v) is 21.9. The number of fused-ring (bicyclic) bond motifs is 3. The Morgan fingerprint density at radius 2 is 1.22 bits per heavy atom. The average Bonchev–Trinajstić information content (AvgIpc) is 3.53. The molecule has 7 heteroatoms. The Bertz CT molecular complexity index is 1870. The van der Waals surface area contributed by atoms with Crippen LogP contribution >= 0.6 is 0 Å². The first-order chi connectivity index (χ1) is 19.9. The molecular weight excluding hydrogens is 516 g/mol. The SMILES string of the molecule is Cc1ccc(C(O)=C2C(=O)C(=O)N(c3ccccc3)C23C(=O)N(c2ccccc2)C2=C3C(=O)c3ccccc32)cc1. The Kier molecular flexibility index (Phi) is 5.21. The van der Waals surface area contributed by atoms with Crippen LogP contribution in [0, 0.1) is 6.92 Å². The van der Waals surface area contributed by atoms with Gasteiger partial charge in [-0.3, -0.25) is 29.0 Å². The third-order valence-electron chi connectivity index (χ3n) is 7.90. The van der Waals surface area contributed by atoms with Crippen LogP contribution in [0.3, 0.4) is 0 Å². The molecule has 4 aromatic rings. The van der Waals surface area contributed by atoms with E-state index in [0.29, 0.717) is 22.5 Å². The normalized spacial score (nSPS) is 20.8. The molecule has 2 aliphatic heterocycles. The van der Waals surface area contributed by atoms with Crippen molar-refractivity contribution >= 4 is 46.2 Å². The Morgan fingerprint density at radius 3 is 1.85 bits per heavy atom. The maximum Gasteiger partial charge on any atom is 0.300 e. The largest absolute Gasteiger partial charge is 0.507 e. The van der Waals surface area contributed by atoms with E-state index in [1.807, 2.05) is 6.92 Å². The van der Waals surface area contributed by atoms with Crippen LogP contribution in [-0.4, -0.2) is 34.0 Å². The van der Waals surface area contributed by atoms with Crippen molar-refractivity contribution in [2.75, 3.05) is 9.80 Å². The summed E-state index contributed by atoms with van der Waals surface area (Å²) in [6, 6.07) is 30.7. The number of nitrogens with zero attached hydrogens (tertiary/aromatic N) is 2. The third-order valence-corrected chi connectivity index (χ3v) is 7.90. The fourth-order valence-electron chi connectivity index (χ4n) is 6.13. The summed E-state index contributed by atoms with van der Waals surface area (Å²) in [7, 11) is 0. The number of amides is 2. The summed E-state index contributed by atoms with van der Waals surface area (Å²) < 4.78 is 0. The number of hydrogen-bond acceptors (Lipinski definition) is 5. The average molecular weight is 539 g/mol. The van der Waals surface area contributed by atoms with Crippen LogP contribution in [0.15, 0.2) is 120 Å². The molecule has 0 radical (unpaired) electrons. The van der Waals surface area contributed by atoms with Crippen molar-refractivity contribution in [3.8, 4) is 0 Å². The molecule has 3 aliphatic rings. The van der Waals surface area contributed by atoms with Crippen molar-refractivity contribution in [2.45, 2.75) is 12.5 Å². The lowest BCUT2D eigenvalue weighted by molar-refractivity contribution is -0.132. The minimum absolute atomic E-state index is 0.0377. The van der Waals surface area contributed by atoms with Gasteiger partial charge in [-0.15, -0.1) is 0 Å². The molecule has 1 N–H and O–H groups in total. The molecule has 1 spiro atoms. The summed E-state index contributed by atoms with van der Waals surface area (Å²) in [6.45, 7) is 1.88. The lowest BCUT2D eigenvalue weighted by atomic mass is 9.79. The van der Waals surface area contributed by atoms with Crippen molar-refractivity contribution < 1.29 is 24.3 Å². The van der Waals surface area contributed by atoms with Gasteiger partial charge in [0.1, 0.15) is 5.76 Å². The molecule has 7 nitrogen and oxygen atoms in total. The first-order valence-corrected chi connectivity index (χ1v) is 13.1. The maximum atomic E-state index is 15.0. The second-order valence-electron chi connectivity index (χ2n) is 10.2. The van der Waals surface area contributed by atoms with Gasteiger partial charge < -0.3 is 5.11 Å². The molecule has 7 rings (SSSR count). The van der Waals surface area contributed by atoms with Crippen LogP contribution in [0.4, 0.5) is 11.4 Å². The van der Waals surface area contributed by atoms with E-state index in [1.54, 1.807) is 109 Å². The van der Waals surface area contributed by atoms with Gasteiger partial charge in [0.2, 0.25) is 0 Å². The van der Waals surface area contributed by atoms with Gasteiger partial charge in [0.05, 0.1) is 16.8 Å². The van der Waals surface area contributed by atoms with Crippen LogP contribution in [0.1, 0.15) is 27.0 Å². The lowest BCUT2D eigenvalue weighted by Gasteiger charge is -2.36. The minimum atomic E-state index is -2.24. The van der Waals surface area contributed by atoms with Crippen LogP contribution in [0.2, 0.25) is 0 Å². The second kappa shape index (κ2) is 8.72. The van der Waals surface area contributed by atoms with Gasteiger partial charge in [0, 0.05) is 28.1 Å². The molecule has 41 heavy (non-hydrogen) atoms. The first kappa shape index (κ1) is 24.5. The molecule has 1 saturated heterocycles. The van der Waals surface area contributed by atoms with E-state index < -0.39 is 40.3 Å². The van der Waals surface area contributed by atoms with Crippen molar-refractivity contribution in [1.82, 2.24) is 0 Å². The Hall–Kier alpha value is -5.56. The Morgan fingerprint density at radius 1 is 0.659 bits per heavy atom. The van der Waals surface area contributed by atoms with Gasteiger partial charge in [0.25, 0.3) is 11.7 Å². The maximum absolute atomic E-state index is 15.0. The highest BCUT2D eigenvalue weighted by molar-refractivity contribution is 6.58. The molecule has 1 fully saturated rings. The van der Waals surface area contributed by atoms with Gasteiger partial charge in [-0.1, -0.05) is 90.5 Å². The summed E-state index contributed by atoms with van der Waals surface area (Å²) in [5.74, 6) is -3.77. The number of para-hydroxylation sites is 2. The molecule has 1 atom stereocenters.